The van der Waals surface area contributed by atoms with Crippen LogP contribution in [0, 0.1) is 0 Å². The average Bonchev–Trinajstić information content (AvgIpc) is 2.86. The fraction of sp³-hybridized carbons (Fsp3) is 0.750. The molecule has 90 valence electrons. The Hall–Kier alpha value is -0.450. The first-order valence-electron chi connectivity index (χ1n) is 5.84. The topological polar surface area (TPSA) is 45.2 Å². The molecule has 1 aliphatic carbocycles. The van der Waals surface area contributed by atoms with Crippen LogP contribution >= 0.6 is 11.3 Å². The largest absolute Gasteiger partial charge is 0.385 e. The molecule has 1 fully saturated rings. The number of aliphatic hydroxyl groups is 1. The lowest BCUT2D eigenvalue weighted by atomic mass is 9.98. The Balaban J connectivity index is 1.94. The summed E-state index contributed by atoms with van der Waals surface area (Å²) in [6.07, 6.45) is 2.03. The monoisotopic (exact) mass is 240 g/mol. The molecule has 1 heterocycles. The standard InChI is InChI=1S/C12H20N2OS/c1-12(2,3)11-14-9(7-16-11)10(15)6-13-8-4-5-8/h7-8,10,13,15H,4-6H2,1-3H3. The van der Waals surface area contributed by atoms with E-state index in [1.54, 1.807) is 11.3 Å². The zero-order valence-electron chi connectivity index (χ0n) is 10.2. The van der Waals surface area contributed by atoms with Crippen LogP contribution in [0.15, 0.2) is 5.38 Å². The van der Waals surface area contributed by atoms with Crippen molar-refractivity contribution in [2.75, 3.05) is 6.54 Å². The van der Waals surface area contributed by atoms with Crippen molar-refractivity contribution < 1.29 is 5.11 Å². The third-order valence-corrected chi connectivity index (χ3v) is 3.97. The minimum atomic E-state index is -0.465. The number of hydrogen-bond acceptors (Lipinski definition) is 4. The van der Waals surface area contributed by atoms with E-state index in [1.165, 1.54) is 12.8 Å². The minimum Gasteiger partial charge on any atom is -0.385 e. The van der Waals surface area contributed by atoms with E-state index in [2.05, 4.69) is 31.1 Å². The molecule has 1 saturated carbocycles. The van der Waals surface area contributed by atoms with Crippen molar-refractivity contribution in [2.24, 2.45) is 0 Å². The Morgan fingerprint density at radius 2 is 2.25 bits per heavy atom. The van der Waals surface area contributed by atoms with Gasteiger partial charge in [0.1, 0.15) is 6.10 Å². The molecule has 0 radical (unpaired) electrons. The number of aliphatic hydroxyl groups excluding tert-OH is 1. The first kappa shape index (κ1) is 12.0. The molecule has 16 heavy (non-hydrogen) atoms. The maximum absolute atomic E-state index is 9.96. The SMILES string of the molecule is CC(C)(C)c1nc(C(O)CNC2CC2)cs1. The lowest BCUT2D eigenvalue weighted by molar-refractivity contribution is 0.170. The van der Waals surface area contributed by atoms with E-state index < -0.39 is 6.10 Å². The first-order chi connectivity index (χ1) is 7.47. The van der Waals surface area contributed by atoms with E-state index in [-0.39, 0.29) is 5.41 Å². The second kappa shape index (κ2) is 4.43. The number of nitrogens with zero attached hydrogens (tertiary/aromatic N) is 1. The Labute approximate surface area is 101 Å². The van der Waals surface area contributed by atoms with Gasteiger partial charge in [-0.05, 0) is 12.8 Å². The molecule has 1 aromatic heterocycles. The fourth-order valence-electron chi connectivity index (χ4n) is 1.45. The van der Waals surface area contributed by atoms with Gasteiger partial charge in [-0.25, -0.2) is 4.98 Å². The van der Waals surface area contributed by atoms with Gasteiger partial charge < -0.3 is 10.4 Å². The maximum atomic E-state index is 9.96. The molecule has 0 saturated heterocycles. The minimum absolute atomic E-state index is 0.0760. The summed E-state index contributed by atoms with van der Waals surface area (Å²) in [4.78, 5) is 4.51. The summed E-state index contributed by atoms with van der Waals surface area (Å²) in [5.41, 5.74) is 0.884. The van der Waals surface area contributed by atoms with Crippen LogP contribution in [0.3, 0.4) is 0 Å². The van der Waals surface area contributed by atoms with Crippen LogP contribution in [0.2, 0.25) is 0 Å². The molecule has 1 atom stereocenters. The number of thiazole rings is 1. The lowest BCUT2D eigenvalue weighted by Gasteiger charge is -2.14. The van der Waals surface area contributed by atoms with Gasteiger partial charge in [-0.2, -0.15) is 0 Å². The summed E-state index contributed by atoms with van der Waals surface area (Å²) in [6.45, 7) is 7.05. The van der Waals surface area contributed by atoms with Crippen molar-refractivity contribution in [3.8, 4) is 0 Å². The molecule has 0 aliphatic heterocycles. The summed E-state index contributed by atoms with van der Waals surface area (Å²) in [5.74, 6) is 0. The molecular weight excluding hydrogens is 220 g/mol. The van der Waals surface area contributed by atoms with Crippen LogP contribution in [0.4, 0.5) is 0 Å². The van der Waals surface area contributed by atoms with Crippen LogP contribution in [0.5, 0.6) is 0 Å². The van der Waals surface area contributed by atoms with Crippen molar-refractivity contribution in [2.45, 2.75) is 51.2 Å². The third kappa shape index (κ3) is 3.03. The number of rotatable bonds is 4. The smallest absolute Gasteiger partial charge is 0.109 e. The third-order valence-electron chi connectivity index (χ3n) is 2.68. The Kier molecular flexibility index (Phi) is 3.33. The Morgan fingerprint density at radius 1 is 1.56 bits per heavy atom. The van der Waals surface area contributed by atoms with Crippen LogP contribution < -0.4 is 5.32 Å². The van der Waals surface area contributed by atoms with Gasteiger partial charge in [0.2, 0.25) is 0 Å². The lowest BCUT2D eigenvalue weighted by Crippen LogP contribution is -2.23. The molecule has 3 nitrogen and oxygen atoms in total. The molecule has 1 aliphatic rings. The number of aromatic nitrogens is 1. The molecule has 2 rings (SSSR count). The van der Waals surface area contributed by atoms with Crippen LogP contribution in [0.25, 0.3) is 0 Å². The zero-order valence-corrected chi connectivity index (χ0v) is 11.0. The van der Waals surface area contributed by atoms with Gasteiger partial charge in [-0.1, -0.05) is 20.8 Å². The zero-order chi connectivity index (χ0) is 11.8. The van der Waals surface area contributed by atoms with Gasteiger partial charge in [-0.15, -0.1) is 11.3 Å². The number of nitrogens with one attached hydrogen (secondary N) is 1. The summed E-state index contributed by atoms with van der Waals surface area (Å²) < 4.78 is 0. The fourth-order valence-corrected chi connectivity index (χ4v) is 2.41. The van der Waals surface area contributed by atoms with E-state index in [4.69, 9.17) is 0 Å². The highest BCUT2D eigenvalue weighted by atomic mass is 32.1. The van der Waals surface area contributed by atoms with Gasteiger partial charge in [0.05, 0.1) is 10.7 Å². The summed E-state index contributed by atoms with van der Waals surface area (Å²) in [5, 5.41) is 16.3. The molecule has 0 aromatic carbocycles. The first-order valence-corrected chi connectivity index (χ1v) is 6.72. The van der Waals surface area contributed by atoms with Crippen molar-refractivity contribution in [1.29, 1.82) is 0 Å². The van der Waals surface area contributed by atoms with E-state index >= 15 is 0 Å². The molecule has 0 spiro atoms. The van der Waals surface area contributed by atoms with E-state index in [0.717, 1.165) is 10.7 Å². The van der Waals surface area contributed by atoms with E-state index in [0.29, 0.717) is 12.6 Å². The highest BCUT2D eigenvalue weighted by Crippen LogP contribution is 2.28. The predicted molar refractivity (Wildman–Crippen MR) is 66.8 cm³/mol. The van der Waals surface area contributed by atoms with E-state index in [9.17, 15) is 5.11 Å². The molecule has 4 heteroatoms. The molecule has 1 unspecified atom stereocenters. The van der Waals surface area contributed by atoms with Crippen LogP contribution in [-0.4, -0.2) is 22.7 Å². The quantitative estimate of drug-likeness (QED) is 0.848. The van der Waals surface area contributed by atoms with Gasteiger partial charge >= 0.3 is 0 Å². The predicted octanol–water partition coefficient (Wildman–Crippen LogP) is 2.23. The Morgan fingerprint density at radius 3 is 2.75 bits per heavy atom. The Bertz CT molecular complexity index is 352. The van der Waals surface area contributed by atoms with Gasteiger partial charge in [0.25, 0.3) is 0 Å². The molecule has 0 bridgehead atoms. The van der Waals surface area contributed by atoms with Crippen LogP contribution in [-0.2, 0) is 5.41 Å². The van der Waals surface area contributed by atoms with Crippen LogP contribution in [0.1, 0.15) is 50.4 Å². The molecule has 2 N–H and O–H groups in total. The second-order valence-electron chi connectivity index (χ2n) is 5.53. The van der Waals surface area contributed by atoms with Crippen molar-refractivity contribution in [3.05, 3.63) is 16.1 Å². The summed E-state index contributed by atoms with van der Waals surface area (Å²) in [7, 11) is 0. The van der Waals surface area contributed by atoms with Gasteiger partial charge in [0, 0.05) is 23.4 Å². The second-order valence-corrected chi connectivity index (χ2v) is 6.38. The molecular formula is C12H20N2OS. The average molecular weight is 240 g/mol. The van der Waals surface area contributed by atoms with Crippen molar-refractivity contribution >= 4 is 11.3 Å². The van der Waals surface area contributed by atoms with Gasteiger partial charge in [0.15, 0.2) is 0 Å². The summed E-state index contributed by atoms with van der Waals surface area (Å²) in [6, 6.07) is 0.635. The highest BCUT2D eigenvalue weighted by molar-refractivity contribution is 7.09. The normalized spacial score (nSPS) is 18.8. The van der Waals surface area contributed by atoms with Crippen molar-refractivity contribution in [1.82, 2.24) is 10.3 Å². The number of hydrogen-bond donors (Lipinski definition) is 2. The highest BCUT2D eigenvalue weighted by Gasteiger charge is 2.24. The molecule has 0 amide bonds. The maximum Gasteiger partial charge on any atom is 0.109 e. The summed E-state index contributed by atoms with van der Waals surface area (Å²) >= 11 is 1.64. The van der Waals surface area contributed by atoms with Crippen molar-refractivity contribution in [3.63, 3.8) is 0 Å². The van der Waals surface area contributed by atoms with E-state index in [1.807, 2.05) is 5.38 Å². The molecule has 1 aromatic rings. The van der Waals surface area contributed by atoms with Gasteiger partial charge in [-0.3, -0.25) is 0 Å².